The first-order valence-electron chi connectivity index (χ1n) is 7.83. The Morgan fingerprint density at radius 3 is 2.57 bits per heavy atom. The van der Waals surface area contributed by atoms with Crippen molar-refractivity contribution in [2.45, 2.75) is 0 Å². The predicted molar refractivity (Wildman–Crippen MR) is 118 cm³/mol. The van der Waals surface area contributed by atoms with Crippen LogP contribution in [0, 0.1) is 0 Å². The number of hydrogen-bond donors (Lipinski definition) is 3. The monoisotopic (exact) mass is 497 g/mol. The predicted octanol–water partition coefficient (Wildman–Crippen LogP) is 4.28. The number of rotatable bonds is 3. The van der Waals surface area contributed by atoms with Crippen molar-refractivity contribution in [1.82, 2.24) is 16.2 Å². The highest BCUT2D eigenvalue weighted by Gasteiger charge is 2.17. The molecule has 0 fully saturated rings. The number of hydrazine groups is 1. The first kappa shape index (κ1) is 20.5. The lowest BCUT2D eigenvalue weighted by Crippen LogP contribution is -2.48. The van der Waals surface area contributed by atoms with Crippen LogP contribution in [-0.4, -0.2) is 24.0 Å². The SMILES string of the molecule is COc1ccc(C(=O)NC(=S)NNC(=O)c2sc3ccccc3c2Cl)cc1Br. The van der Waals surface area contributed by atoms with Crippen LogP contribution >= 0.6 is 51.1 Å². The van der Waals surface area contributed by atoms with Crippen molar-refractivity contribution >= 4 is 78.1 Å². The Morgan fingerprint density at radius 1 is 1.14 bits per heavy atom. The molecule has 28 heavy (non-hydrogen) atoms. The molecule has 2 amide bonds. The Hall–Kier alpha value is -2.20. The van der Waals surface area contributed by atoms with Crippen LogP contribution in [0.4, 0.5) is 0 Å². The third-order valence-electron chi connectivity index (χ3n) is 3.67. The molecule has 6 nitrogen and oxygen atoms in total. The highest BCUT2D eigenvalue weighted by Crippen LogP contribution is 2.34. The molecule has 3 rings (SSSR count). The van der Waals surface area contributed by atoms with Crippen molar-refractivity contribution in [3.8, 4) is 5.75 Å². The molecule has 2 aromatic carbocycles. The zero-order valence-corrected chi connectivity index (χ0v) is 18.3. The number of nitrogens with one attached hydrogen (secondary N) is 3. The molecule has 3 aromatic rings. The van der Waals surface area contributed by atoms with Crippen molar-refractivity contribution in [1.29, 1.82) is 0 Å². The van der Waals surface area contributed by atoms with E-state index < -0.39 is 11.8 Å². The lowest BCUT2D eigenvalue weighted by molar-refractivity contribution is 0.0938. The van der Waals surface area contributed by atoms with E-state index in [1.165, 1.54) is 18.4 Å². The van der Waals surface area contributed by atoms with E-state index >= 15 is 0 Å². The first-order chi connectivity index (χ1) is 13.4. The maximum atomic E-state index is 12.4. The molecular formula is C18H13BrClN3O3S2. The number of amides is 2. The average molecular weight is 499 g/mol. The van der Waals surface area contributed by atoms with E-state index in [-0.39, 0.29) is 5.11 Å². The number of halogens is 2. The Kier molecular flexibility index (Phi) is 6.50. The Bertz CT molecular complexity index is 1090. The minimum Gasteiger partial charge on any atom is -0.496 e. The van der Waals surface area contributed by atoms with Crippen LogP contribution in [0.2, 0.25) is 5.02 Å². The third kappa shape index (κ3) is 4.44. The molecule has 0 spiro atoms. The fourth-order valence-electron chi connectivity index (χ4n) is 2.34. The zero-order chi connectivity index (χ0) is 20.3. The number of benzene rings is 2. The van der Waals surface area contributed by atoms with Crippen LogP contribution in [0.5, 0.6) is 5.75 Å². The Morgan fingerprint density at radius 2 is 1.89 bits per heavy atom. The van der Waals surface area contributed by atoms with Gasteiger partial charge in [0.05, 0.1) is 16.6 Å². The summed E-state index contributed by atoms with van der Waals surface area (Å²) >= 11 is 15.9. The molecule has 0 saturated heterocycles. The van der Waals surface area contributed by atoms with Crippen molar-refractivity contribution in [2.75, 3.05) is 7.11 Å². The molecule has 0 aliphatic carbocycles. The van der Waals surface area contributed by atoms with Crippen molar-refractivity contribution < 1.29 is 14.3 Å². The summed E-state index contributed by atoms with van der Waals surface area (Å²) in [7, 11) is 1.53. The highest BCUT2D eigenvalue weighted by atomic mass is 79.9. The minimum atomic E-state index is -0.449. The Labute approximate surface area is 183 Å². The standard InChI is InChI=1S/C18H13BrClN3O3S2/c1-26-12-7-6-9(8-11(12)19)16(24)21-18(27)23-22-17(25)15-14(20)10-4-2-3-5-13(10)28-15/h2-8H,1H3,(H,22,25)(H2,21,23,24,27). The molecule has 0 saturated carbocycles. The van der Waals surface area contributed by atoms with E-state index in [0.29, 0.717) is 25.7 Å². The summed E-state index contributed by atoms with van der Waals surface area (Å²) in [6.07, 6.45) is 0. The molecule has 0 aliphatic rings. The quantitative estimate of drug-likeness (QED) is 0.371. The van der Waals surface area contributed by atoms with Gasteiger partial charge in [0, 0.05) is 15.6 Å². The molecule has 3 N–H and O–H groups in total. The number of carbonyl (C=O) groups excluding carboxylic acids is 2. The topological polar surface area (TPSA) is 79.5 Å². The average Bonchev–Trinajstić information content (AvgIpc) is 3.03. The summed E-state index contributed by atoms with van der Waals surface area (Å²) in [4.78, 5) is 25.0. The molecule has 1 heterocycles. The molecule has 1 aromatic heterocycles. The summed E-state index contributed by atoms with van der Waals surface area (Å²) < 4.78 is 6.66. The van der Waals surface area contributed by atoms with Crippen molar-refractivity contribution in [3.63, 3.8) is 0 Å². The van der Waals surface area contributed by atoms with Gasteiger partial charge in [-0.1, -0.05) is 29.8 Å². The second-order valence-corrected chi connectivity index (χ2v) is 8.15. The van der Waals surface area contributed by atoms with Gasteiger partial charge < -0.3 is 4.74 Å². The maximum absolute atomic E-state index is 12.4. The largest absolute Gasteiger partial charge is 0.496 e. The first-order valence-corrected chi connectivity index (χ1v) is 10.2. The van der Waals surface area contributed by atoms with Gasteiger partial charge in [-0.3, -0.25) is 25.8 Å². The number of hydrogen-bond acceptors (Lipinski definition) is 5. The molecule has 0 atom stereocenters. The lowest BCUT2D eigenvalue weighted by atomic mass is 10.2. The smallest absolute Gasteiger partial charge is 0.281 e. The number of thiocarbonyl (C=S) groups is 1. The van der Waals surface area contributed by atoms with Gasteiger partial charge in [0.2, 0.25) is 0 Å². The minimum absolute atomic E-state index is 0.0532. The number of thiophene rings is 1. The van der Waals surface area contributed by atoms with Gasteiger partial charge in [-0.15, -0.1) is 11.3 Å². The number of fused-ring (bicyclic) bond motifs is 1. The highest BCUT2D eigenvalue weighted by molar-refractivity contribution is 9.10. The van der Waals surface area contributed by atoms with Crippen LogP contribution in [0.15, 0.2) is 46.9 Å². The van der Waals surface area contributed by atoms with E-state index in [1.807, 2.05) is 24.3 Å². The number of carbonyl (C=O) groups is 2. The van der Waals surface area contributed by atoms with Crippen molar-refractivity contribution in [2.24, 2.45) is 0 Å². The Balaban J connectivity index is 1.60. The van der Waals surface area contributed by atoms with Gasteiger partial charge >= 0.3 is 0 Å². The normalized spacial score (nSPS) is 10.4. The molecule has 10 heteroatoms. The molecule has 144 valence electrons. The van der Waals surface area contributed by atoms with Crippen LogP contribution in [0.25, 0.3) is 10.1 Å². The van der Waals surface area contributed by atoms with Gasteiger partial charge in [0.25, 0.3) is 11.8 Å². The fourth-order valence-corrected chi connectivity index (χ4v) is 4.44. The lowest BCUT2D eigenvalue weighted by Gasteiger charge is -2.11. The second-order valence-electron chi connectivity index (χ2n) is 5.45. The van der Waals surface area contributed by atoms with Gasteiger partial charge in [-0.25, -0.2) is 0 Å². The van der Waals surface area contributed by atoms with E-state index in [0.717, 1.165) is 10.1 Å². The maximum Gasteiger partial charge on any atom is 0.281 e. The molecular weight excluding hydrogens is 486 g/mol. The van der Waals surface area contributed by atoms with Crippen molar-refractivity contribution in [3.05, 3.63) is 62.4 Å². The van der Waals surface area contributed by atoms with Gasteiger partial charge in [0.15, 0.2) is 5.11 Å². The van der Waals surface area contributed by atoms with E-state index in [9.17, 15) is 9.59 Å². The zero-order valence-electron chi connectivity index (χ0n) is 14.3. The number of methoxy groups -OCH3 is 1. The fraction of sp³-hybridized carbons (Fsp3) is 0.0556. The molecule has 0 aliphatic heterocycles. The van der Waals surface area contributed by atoms with Gasteiger partial charge in [-0.2, -0.15) is 0 Å². The summed E-state index contributed by atoms with van der Waals surface area (Å²) in [5, 5.41) is 3.61. The van der Waals surface area contributed by atoms with E-state index in [1.54, 1.807) is 18.2 Å². The molecule has 0 radical (unpaired) electrons. The second kappa shape index (κ2) is 8.87. The van der Waals surface area contributed by atoms with Crippen LogP contribution < -0.4 is 20.9 Å². The number of ether oxygens (including phenoxy) is 1. The van der Waals surface area contributed by atoms with Crippen LogP contribution in [0.3, 0.4) is 0 Å². The van der Waals surface area contributed by atoms with Crippen LogP contribution in [-0.2, 0) is 0 Å². The molecule has 0 bridgehead atoms. The van der Waals surface area contributed by atoms with E-state index in [2.05, 4.69) is 32.1 Å². The van der Waals surface area contributed by atoms with E-state index in [4.69, 9.17) is 28.6 Å². The third-order valence-corrected chi connectivity index (χ3v) is 6.17. The summed E-state index contributed by atoms with van der Waals surface area (Å²) in [6, 6.07) is 12.3. The molecule has 0 unspecified atom stereocenters. The van der Waals surface area contributed by atoms with Gasteiger partial charge in [0.1, 0.15) is 10.6 Å². The van der Waals surface area contributed by atoms with Crippen LogP contribution in [0.1, 0.15) is 20.0 Å². The summed E-state index contributed by atoms with van der Waals surface area (Å²) in [6.45, 7) is 0. The summed E-state index contributed by atoms with van der Waals surface area (Å²) in [5.74, 6) is -0.283. The van der Waals surface area contributed by atoms with Gasteiger partial charge in [-0.05, 0) is 52.4 Å². The summed E-state index contributed by atoms with van der Waals surface area (Å²) in [5.41, 5.74) is 5.31.